The van der Waals surface area contributed by atoms with Gasteiger partial charge in [0.1, 0.15) is 12.1 Å². The van der Waals surface area contributed by atoms with E-state index in [4.69, 9.17) is 0 Å². The zero-order valence-electron chi connectivity index (χ0n) is 11.6. The van der Waals surface area contributed by atoms with Gasteiger partial charge in [0, 0.05) is 16.7 Å². The van der Waals surface area contributed by atoms with Gasteiger partial charge in [0.25, 0.3) is 5.91 Å². The van der Waals surface area contributed by atoms with Crippen LogP contribution in [0.1, 0.15) is 25.3 Å². The summed E-state index contributed by atoms with van der Waals surface area (Å²) in [6.45, 7) is 4.49. The van der Waals surface area contributed by atoms with Crippen molar-refractivity contribution in [3.63, 3.8) is 0 Å². The second kappa shape index (κ2) is 4.88. The first kappa shape index (κ1) is 13.6. The molecule has 5 heteroatoms. The predicted octanol–water partition coefficient (Wildman–Crippen LogP) is 2.48. The summed E-state index contributed by atoms with van der Waals surface area (Å²) in [4.78, 5) is 28.6. The number of fused-ring (bicyclic) bond motifs is 1. The zero-order valence-corrected chi connectivity index (χ0v) is 13.2. The molecule has 0 N–H and O–H groups in total. The van der Waals surface area contributed by atoms with Crippen molar-refractivity contribution < 1.29 is 9.59 Å². The Morgan fingerprint density at radius 3 is 2.75 bits per heavy atom. The van der Waals surface area contributed by atoms with Gasteiger partial charge in [-0.2, -0.15) is 0 Å². The number of hydrogen-bond acceptors (Lipinski definition) is 2. The van der Waals surface area contributed by atoms with Crippen molar-refractivity contribution in [1.82, 2.24) is 4.90 Å². The number of nitrogens with zero attached hydrogens (tertiary/aromatic N) is 2. The summed E-state index contributed by atoms with van der Waals surface area (Å²) in [5.74, 6) is 0.113. The van der Waals surface area contributed by atoms with Crippen LogP contribution in [0, 0.1) is 6.92 Å². The third-order valence-corrected chi connectivity index (χ3v) is 5.16. The van der Waals surface area contributed by atoms with Crippen LogP contribution < -0.4 is 4.90 Å². The molecule has 0 radical (unpaired) electrons. The average Bonchev–Trinajstić information content (AvgIpc) is 2.91. The first-order valence-corrected chi connectivity index (χ1v) is 7.70. The summed E-state index contributed by atoms with van der Waals surface area (Å²) in [6, 6.07) is 5.06. The fraction of sp³-hybridized carbons (Fsp3) is 0.467. The van der Waals surface area contributed by atoms with Crippen LogP contribution >= 0.6 is 15.9 Å². The number of carbonyl (C=O) groups is 2. The minimum Gasteiger partial charge on any atom is -0.329 e. The minimum absolute atomic E-state index is 0.0517. The lowest BCUT2D eigenvalue weighted by molar-refractivity contribution is -0.143. The molecule has 106 valence electrons. The number of rotatable bonds is 1. The molecule has 0 saturated carbocycles. The molecule has 2 atom stereocenters. The van der Waals surface area contributed by atoms with Crippen molar-refractivity contribution >= 4 is 33.4 Å². The molecule has 2 heterocycles. The SMILES string of the molecule is Cc1c(Br)cccc1N1C(=O)C2CCCN2C(=O)C1C. The molecular weight excluding hydrogens is 320 g/mol. The summed E-state index contributed by atoms with van der Waals surface area (Å²) in [7, 11) is 0. The Bertz CT molecular complexity index is 587. The molecule has 0 spiro atoms. The van der Waals surface area contributed by atoms with E-state index in [2.05, 4.69) is 15.9 Å². The minimum atomic E-state index is -0.426. The molecule has 1 aromatic carbocycles. The number of anilines is 1. The highest BCUT2D eigenvalue weighted by molar-refractivity contribution is 9.10. The Hall–Kier alpha value is -1.36. The first-order valence-electron chi connectivity index (χ1n) is 6.91. The number of piperazine rings is 1. The molecule has 2 unspecified atom stereocenters. The van der Waals surface area contributed by atoms with E-state index in [0.717, 1.165) is 28.6 Å². The molecule has 0 bridgehead atoms. The monoisotopic (exact) mass is 336 g/mol. The van der Waals surface area contributed by atoms with E-state index < -0.39 is 6.04 Å². The summed E-state index contributed by atoms with van der Waals surface area (Å²) >= 11 is 3.49. The maximum absolute atomic E-state index is 12.7. The Morgan fingerprint density at radius 2 is 2.00 bits per heavy atom. The van der Waals surface area contributed by atoms with Gasteiger partial charge in [-0.25, -0.2) is 0 Å². The van der Waals surface area contributed by atoms with E-state index in [9.17, 15) is 9.59 Å². The molecule has 0 aromatic heterocycles. The molecule has 3 rings (SSSR count). The summed E-state index contributed by atoms with van der Waals surface area (Å²) in [5.41, 5.74) is 1.82. The van der Waals surface area contributed by atoms with E-state index in [1.54, 1.807) is 9.80 Å². The Labute approximate surface area is 126 Å². The van der Waals surface area contributed by atoms with Crippen LogP contribution in [0.5, 0.6) is 0 Å². The van der Waals surface area contributed by atoms with Crippen molar-refractivity contribution in [1.29, 1.82) is 0 Å². The zero-order chi connectivity index (χ0) is 14.4. The van der Waals surface area contributed by atoms with E-state index in [0.29, 0.717) is 6.54 Å². The highest BCUT2D eigenvalue weighted by Crippen LogP contribution is 2.34. The van der Waals surface area contributed by atoms with Gasteiger partial charge in [-0.1, -0.05) is 22.0 Å². The summed E-state index contributed by atoms with van der Waals surface area (Å²) in [5, 5.41) is 0. The second-order valence-electron chi connectivity index (χ2n) is 5.46. The van der Waals surface area contributed by atoms with Gasteiger partial charge in [-0.15, -0.1) is 0 Å². The lowest BCUT2D eigenvalue weighted by Crippen LogP contribution is -2.62. The van der Waals surface area contributed by atoms with Crippen LogP contribution in [0.4, 0.5) is 5.69 Å². The summed E-state index contributed by atoms with van der Waals surface area (Å²) < 4.78 is 0.955. The fourth-order valence-corrected chi connectivity index (χ4v) is 3.53. The maximum Gasteiger partial charge on any atom is 0.250 e. The van der Waals surface area contributed by atoms with Gasteiger partial charge >= 0.3 is 0 Å². The Morgan fingerprint density at radius 1 is 1.25 bits per heavy atom. The highest BCUT2D eigenvalue weighted by Gasteiger charge is 2.46. The van der Waals surface area contributed by atoms with Gasteiger partial charge in [-0.05, 0) is 44.4 Å². The van der Waals surface area contributed by atoms with Crippen molar-refractivity contribution in [2.45, 2.75) is 38.8 Å². The van der Waals surface area contributed by atoms with Crippen LogP contribution in [-0.2, 0) is 9.59 Å². The van der Waals surface area contributed by atoms with E-state index >= 15 is 0 Å². The molecule has 2 saturated heterocycles. The third-order valence-electron chi connectivity index (χ3n) is 4.30. The topological polar surface area (TPSA) is 40.6 Å². The quantitative estimate of drug-likeness (QED) is 0.790. The molecule has 1 aromatic rings. The molecule has 2 aliphatic heterocycles. The van der Waals surface area contributed by atoms with E-state index in [1.165, 1.54) is 0 Å². The second-order valence-corrected chi connectivity index (χ2v) is 6.31. The first-order chi connectivity index (χ1) is 9.52. The number of amides is 2. The maximum atomic E-state index is 12.7. The smallest absolute Gasteiger partial charge is 0.250 e. The number of hydrogen-bond donors (Lipinski definition) is 0. The molecule has 2 aliphatic rings. The van der Waals surface area contributed by atoms with Crippen molar-refractivity contribution in [3.05, 3.63) is 28.2 Å². The molecule has 0 aliphatic carbocycles. The van der Waals surface area contributed by atoms with Gasteiger partial charge in [0.05, 0.1) is 0 Å². The van der Waals surface area contributed by atoms with E-state index in [-0.39, 0.29) is 17.9 Å². The average molecular weight is 337 g/mol. The van der Waals surface area contributed by atoms with Crippen molar-refractivity contribution in [3.8, 4) is 0 Å². The molecule has 20 heavy (non-hydrogen) atoms. The molecule has 4 nitrogen and oxygen atoms in total. The largest absolute Gasteiger partial charge is 0.329 e. The summed E-state index contributed by atoms with van der Waals surface area (Å²) in [6.07, 6.45) is 1.70. The standard InChI is InChI=1S/C15H17BrN2O2/c1-9-11(16)5-3-6-12(9)18-10(2)14(19)17-8-4-7-13(17)15(18)20/h3,5-6,10,13H,4,7-8H2,1-2H3. The van der Waals surface area contributed by atoms with Crippen LogP contribution in [-0.4, -0.2) is 35.3 Å². The van der Waals surface area contributed by atoms with Crippen LogP contribution in [0.25, 0.3) is 0 Å². The highest BCUT2D eigenvalue weighted by atomic mass is 79.9. The van der Waals surface area contributed by atoms with Crippen molar-refractivity contribution in [2.24, 2.45) is 0 Å². The number of carbonyl (C=O) groups excluding carboxylic acids is 2. The van der Waals surface area contributed by atoms with E-state index in [1.807, 2.05) is 32.0 Å². The lowest BCUT2D eigenvalue weighted by Gasteiger charge is -2.41. The lowest BCUT2D eigenvalue weighted by atomic mass is 10.0. The fourth-order valence-electron chi connectivity index (χ4n) is 3.17. The van der Waals surface area contributed by atoms with Gasteiger partial charge in [0.2, 0.25) is 5.91 Å². The van der Waals surface area contributed by atoms with Gasteiger partial charge in [0.15, 0.2) is 0 Å². The van der Waals surface area contributed by atoms with Crippen LogP contribution in [0.15, 0.2) is 22.7 Å². The number of halogens is 1. The van der Waals surface area contributed by atoms with Crippen LogP contribution in [0.2, 0.25) is 0 Å². The van der Waals surface area contributed by atoms with Crippen molar-refractivity contribution in [2.75, 3.05) is 11.4 Å². The normalized spacial score (nSPS) is 26.1. The third kappa shape index (κ3) is 1.87. The Balaban J connectivity index is 2.06. The van der Waals surface area contributed by atoms with Gasteiger partial charge in [-0.3, -0.25) is 14.5 Å². The molecule has 2 fully saturated rings. The molecular formula is C15H17BrN2O2. The number of benzene rings is 1. The van der Waals surface area contributed by atoms with Gasteiger partial charge < -0.3 is 4.90 Å². The Kier molecular flexibility index (Phi) is 3.32. The van der Waals surface area contributed by atoms with Crippen LogP contribution in [0.3, 0.4) is 0 Å². The predicted molar refractivity (Wildman–Crippen MR) is 80.6 cm³/mol. The molecule has 2 amide bonds.